The van der Waals surface area contributed by atoms with Crippen molar-refractivity contribution in [3.8, 4) is 11.5 Å². The molecule has 0 aliphatic carbocycles. The molecule has 11 nitrogen and oxygen atoms in total. The van der Waals surface area contributed by atoms with E-state index >= 15 is 0 Å². The number of esters is 1. The van der Waals surface area contributed by atoms with E-state index in [2.05, 4.69) is 4.99 Å². The number of benzene rings is 2. The van der Waals surface area contributed by atoms with Gasteiger partial charge in [-0.1, -0.05) is 11.3 Å². The van der Waals surface area contributed by atoms with Crippen LogP contribution in [0.1, 0.15) is 37.6 Å². The number of sulfonamides is 1. The van der Waals surface area contributed by atoms with Crippen molar-refractivity contribution in [1.82, 2.24) is 8.87 Å². The number of rotatable bonds is 7. The Balaban J connectivity index is 1.44. The van der Waals surface area contributed by atoms with Crippen LogP contribution in [-0.4, -0.2) is 67.9 Å². The molecule has 5 rings (SSSR count). The van der Waals surface area contributed by atoms with Gasteiger partial charge in [0.05, 0.1) is 40.3 Å². The number of hydrogen-bond acceptors (Lipinski definition) is 9. The average molecular weight is 576 g/mol. The summed E-state index contributed by atoms with van der Waals surface area (Å²) in [5, 5.41) is 0. The first-order valence-corrected chi connectivity index (χ1v) is 14.8. The maximum absolute atomic E-state index is 13.2. The zero-order chi connectivity index (χ0) is 27.7. The summed E-state index contributed by atoms with van der Waals surface area (Å²) in [5.41, 5.74) is 0.983. The van der Waals surface area contributed by atoms with Crippen molar-refractivity contribution in [2.45, 2.75) is 50.8 Å². The van der Waals surface area contributed by atoms with Gasteiger partial charge in [-0.25, -0.2) is 8.42 Å². The highest BCUT2D eigenvalue weighted by atomic mass is 32.2. The van der Waals surface area contributed by atoms with Gasteiger partial charge in [-0.2, -0.15) is 9.30 Å². The summed E-state index contributed by atoms with van der Waals surface area (Å²) in [5.74, 6) is 0.274. The van der Waals surface area contributed by atoms with Crippen molar-refractivity contribution < 1.29 is 37.0 Å². The molecule has 0 radical (unpaired) electrons. The Morgan fingerprint density at radius 3 is 2.41 bits per heavy atom. The maximum Gasteiger partial charge on any atom is 0.307 e. The standard InChI is InChI=1S/C26H29N3O8S2/c1-4-34-24(30)9-10-29-20-11-21-22(36-15-35-21)12-23(20)38-26(29)27-25(31)18-5-7-19(8-6-18)39(32,33)28-13-16(2)37-17(3)14-28/h5-8,11-12,16-17H,4,9-10,13-15H2,1-3H3. The molecule has 0 N–H and O–H groups in total. The quantitative estimate of drug-likeness (QED) is 0.394. The molecule has 3 heterocycles. The Kier molecular flexibility index (Phi) is 7.76. The topological polar surface area (TPSA) is 126 Å². The van der Waals surface area contributed by atoms with Crippen LogP contribution in [0.2, 0.25) is 0 Å². The molecule has 2 unspecified atom stereocenters. The van der Waals surface area contributed by atoms with E-state index in [1.807, 2.05) is 19.9 Å². The second-order valence-corrected chi connectivity index (χ2v) is 12.2. The first-order valence-electron chi connectivity index (χ1n) is 12.6. The monoisotopic (exact) mass is 575 g/mol. The predicted molar refractivity (Wildman–Crippen MR) is 142 cm³/mol. The van der Waals surface area contributed by atoms with Crippen LogP contribution in [0.15, 0.2) is 46.3 Å². The summed E-state index contributed by atoms with van der Waals surface area (Å²) in [6.07, 6.45) is -0.320. The zero-order valence-corrected chi connectivity index (χ0v) is 23.4. The Morgan fingerprint density at radius 1 is 1.08 bits per heavy atom. The largest absolute Gasteiger partial charge is 0.466 e. The van der Waals surface area contributed by atoms with Crippen molar-refractivity contribution in [2.75, 3.05) is 26.5 Å². The van der Waals surface area contributed by atoms with E-state index in [0.29, 0.717) is 16.3 Å². The lowest BCUT2D eigenvalue weighted by Crippen LogP contribution is -2.48. The third kappa shape index (κ3) is 5.71. The molecule has 2 atom stereocenters. The van der Waals surface area contributed by atoms with E-state index in [1.54, 1.807) is 17.6 Å². The van der Waals surface area contributed by atoms with Crippen LogP contribution in [-0.2, 0) is 30.8 Å². The molecule has 39 heavy (non-hydrogen) atoms. The maximum atomic E-state index is 13.2. The van der Waals surface area contributed by atoms with Gasteiger partial charge in [0.2, 0.25) is 16.8 Å². The summed E-state index contributed by atoms with van der Waals surface area (Å²) in [7, 11) is -3.74. The number of carbonyl (C=O) groups excluding carboxylic acids is 2. The Morgan fingerprint density at radius 2 is 1.74 bits per heavy atom. The van der Waals surface area contributed by atoms with E-state index in [1.165, 1.54) is 39.9 Å². The number of amides is 1. The lowest BCUT2D eigenvalue weighted by atomic mass is 10.2. The highest BCUT2D eigenvalue weighted by Gasteiger charge is 2.32. The lowest BCUT2D eigenvalue weighted by Gasteiger charge is -2.34. The molecule has 1 aromatic heterocycles. The summed E-state index contributed by atoms with van der Waals surface area (Å²) in [4.78, 5) is 30.0. The van der Waals surface area contributed by atoms with Crippen LogP contribution in [0.25, 0.3) is 10.2 Å². The van der Waals surface area contributed by atoms with Crippen LogP contribution in [0.5, 0.6) is 11.5 Å². The highest BCUT2D eigenvalue weighted by molar-refractivity contribution is 7.89. The summed E-state index contributed by atoms with van der Waals surface area (Å²) >= 11 is 1.28. The van der Waals surface area contributed by atoms with Crippen molar-refractivity contribution in [3.63, 3.8) is 0 Å². The third-order valence-electron chi connectivity index (χ3n) is 6.34. The number of ether oxygens (including phenoxy) is 4. The van der Waals surface area contributed by atoms with Gasteiger partial charge in [0, 0.05) is 37.3 Å². The number of morpholine rings is 1. The average Bonchev–Trinajstić information content (AvgIpc) is 3.48. The van der Waals surface area contributed by atoms with E-state index < -0.39 is 15.9 Å². The van der Waals surface area contributed by atoms with E-state index in [0.717, 1.165) is 10.2 Å². The SMILES string of the molecule is CCOC(=O)CCn1c(=NC(=O)c2ccc(S(=O)(=O)N3CC(C)OC(C)C3)cc2)sc2cc3c(cc21)OCO3. The first-order chi connectivity index (χ1) is 18.7. The van der Waals surface area contributed by atoms with Crippen molar-refractivity contribution in [2.24, 2.45) is 4.99 Å². The highest BCUT2D eigenvalue weighted by Crippen LogP contribution is 2.37. The second kappa shape index (κ2) is 11.1. The van der Waals surface area contributed by atoms with Gasteiger partial charge in [-0.3, -0.25) is 9.59 Å². The molecular formula is C26H29N3O8S2. The molecule has 3 aromatic rings. The third-order valence-corrected chi connectivity index (χ3v) is 9.23. The van der Waals surface area contributed by atoms with E-state index in [4.69, 9.17) is 18.9 Å². The minimum absolute atomic E-state index is 0.0980. The number of hydrogen-bond donors (Lipinski definition) is 0. The molecule has 0 bridgehead atoms. The minimum Gasteiger partial charge on any atom is -0.466 e. The number of fused-ring (bicyclic) bond motifs is 2. The molecule has 0 saturated carbocycles. The van der Waals surface area contributed by atoms with Gasteiger partial charge in [-0.05, 0) is 45.0 Å². The fourth-order valence-corrected chi connectivity index (χ4v) is 7.25. The van der Waals surface area contributed by atoms with Crippen molar-refractivity contribution in [3.05, 3.63) is 46.8 Å². The molecule has 2 aliphatic heterocycles. The smallest absolute Gasteiger partial charge is 0.307 e. The van der Waals surface area contributed by atoms with Gasteiger partial charge < -0.3 is 23.5 Å². The number of nitrogens with zero attached hydrogens (tertiary/aromatic N) is 3. The normalized spacial score (nSPS) is 19.9. The second-order valence-electron chi connectivity index (χ2n) is 9.29. The van der Waals surface area contributed by atoms with Crippen LogP contribution in [0.3, 0.4) is 0 Å². The summed E-state index contributed by atoms with van der Waals surface area (Å²) in [6.45, 7) is 6.59. The van der Waals surface area contributed by atoms with Crippen LogP contribution in [0, 0.1) is 0 Å². The van der Waals surface area contributed by atoms with Crippen LogP contribution >= 0.6 is 11.3 Å². The number of aryl methyl sites for hydroxylation is 1. The van der Waals surface area contributed by atoms with Crippen molar-refractivity contribution >= 4 is 43.5 Å². The van der Waals surface area contributed by atoms with Crippen LogP contribution in [0.4, 0.5) is 0 Å². The van der Waals surface area contributed by atoms with Crippen molar-refractivity contribution in [1.29, 1.82) is 0 Å². The molecule has 2 aliphatic rings. The minimum atomic E-state index is -3.74. The van der Waals surface area contributed by atoms with Crippen LogP contribution < -0.4 is 14.3 Å². The lowest BCUT2D eigenvalue weighted by molar-refractivity contribution is -0.143. The molecule has 1 saturated heterocycles. The molecule has 2 aromatic carbocycles. The Bertz CT molecular complexity index is 1570. The fraction of sp³-hybridized carbons (Fsp3) is 0.423. The van der Waals surface area contributed by atoms with Gasteiger partial charge in [-0.15, -0.1) is 0 Å². The number of aromatic nitrogens is 1. The summed E-state index contributed by atoms with van der Waals surface area (Å²) < 4.78 is 52.0. The first kappa shape index (κ1) is 27.3. The molecule has 208 valence electrons. The Labute approximate surface area is 229 Å². The molecule has 0 spiro atoms. The molecule has 13 heteroatoms. The van der Waals surface area contributed by atoms with E-state index in [9.17, 15) is 18.0 Å². The van der Waals surface area contributed by atoms with Gasteiger partial charge in [0.15, 0.2) is 16.3 Å². The molecular weight excluding hydrogens is 546 g/mol. The number of thiazole rings is 1. The van der Waals surface area contributed by atoms with Gasteiger partial charge in [0.1, 0.15) is 0 Å². The molecule has 1 amide bonds. The zero-order valence-electron chi connectivity index (χ0n) is 21.8. The fourth-order valence-electron chi connectivity index (χ4n) is 4.59. The number of carbonyl (C=O) groups is 2. The molecule has 1 fully saturated rings. The van der Waals surface area contributed by atoms with E-state index in [-0.39, 0.29) is 68.1 Å². The van der Waals surface area contributed by atoms with Gasteiger partial charge >= 0.3 is 5.97 Å². The predicted octanol–water partition coefficient (Wildman–Crippen LogP) is 2.92. The summed E-state index contributed by atoms with van der Waals surface area (Å²) in [6, 6.07) is 9.37. The van der Waals surface area contributed by atoms with Gasteiger partial charge in [0.25, 0.3) is 5.91 Å². The Hall–Kier alpha value is -3.26.